The smallest absolute Gasteiger partial charge is 0.225 e. The van der Waals surface area contributed by atoms with Gasteiger partial charge >= 0.3 is 0 Å². The lowest BCUT2D eigenvalue weighted by Crippen LogP contribution is -2.51. The normalized spacial score (nSPS) is 17.5. The minimum atomic E-state index is -0.120. The summed E-state index contributed by atoms with van der Waals surface area (Å²) >= 11 is 1.62. The van der Waals surface area contributed by atoms with Crippen LogP contribution in [0.3, 0.4) is 0 Å². The molecule has 1 aromatic carbocycles. The highest BCUT2D eigenvalue weighted by molar-refractivity contribution is 7.20. The van der Waals surface area contributed by atoms with E-state index in [1.54, 1.807) is 11.3 Å². The molecule has 1 amide bonds. The van der Waals surface area contributed by atoms with Crippen molar-refractivity contribution >= 4 is 33.2 Å². The maximum absolute atomic E-state index is 12.6. The van der Waals surface area contributed by atoms with E-state index in [1.165, 1.54) is 12.0 Å². The Morgan fingerprint density at radius 3 is 2.39 bits per heavy atom. The number of amides is 1. The molecule has 0 bridgehead atoms. The number of piperazine rings is 1. The number of fused-ring (bicyclic) bond motifs is 1. The van der Waals surface area contributed by atoms with Crippen LogP contribution in [0.5, 0.6) is 0 Å². The van der Waals surface area contributed by atoms with Crippen LogP contribution >= 0.6 is 11.3 Å². The molecule has 3 aromatic rings. The lowest BCUT2D eigenvalue weighted by molar-refractivity contribution is -0.138. The molecule has 33 heavy (non-hydrogen) atoms. The van der Waals surface area contributed by atoms with E-state index in [-0.39, 0.29) is 11.5 Å². The van der Waals surface area contributed by atoms with Gasteiger partial charge in [-0.3, -0.25) is 4.79 Å². The van der Waals surface area contributed by atoms with Crippen molar-refractivity contribution in [1.29, 1.82) is 0 Å². The van der Waals surface area contributed by atoms with Gasteiger partial charge < -0.3 is 15.1 Å². The Bertz CT molecular complexity index is 1130. The summed E-state index contributed by atoms with van der Waals surface area (Å²) in [6.07, 6.45) is 4.35. The maximum Gasteiger partial charge on any atom is 0.225 e. The van der Waals surface area contributed by atoms with Crippen molar-refractivity contribution in [2.24, 2.45) is 5.92 Å². The van der Waals surface area contributed by atoms with E-state index in [9.17, 15) is 4.79 Å². The Hall–Kier alpha value is -2.61. The minimum absolute atomic E-state index is 0.120. The predicted octanol–water partition coefficient (Wildman–Crippen LogP) is 4.68. The van der Waals surface area contributed by atoms with Crippen molar-refractivity contribution in [2.45, 2.75) is 58.9 Å². The van der Waals surface area contributed by atoms with Crippen molar-refractivity contribution in [2.75, 3.05) is 36.4 Å². The Labute approximate surface area is 199 Å². The van der Waals surface area contributed by atoms with Gasteiger partial charge in [0.2, 0.25) is 16.0 Å². The summed E-state index contributed by atoms with van der Waals surface area (Å²) in [4.78, 5) is 22.8. The second kappa shape index (κ2) is 8.63. The van der Waals surface area contributed by atoms with E-state index in [0.717, 1.165) is 72.6 Å². The van der Waals surface area contributed by atoms with Gasteiger partial charge in [-0.1, -0.05) is 48.9 Å². The number of imidazole rings is 1. The van der Waals surface area contributed by atoms with Crippen molar-refractivity contribution in [3.8, 4) is 11.3 Å². The first-order valence-electron chi connectivity index (χ1n) is 12.1. The molecule has 3 heterocycles. The number of carbonyl (C=O) groups is 1. The fourth-order valence-electron chi connectivity index (χ4n) is 4.46. The molecule has 2 aliphatic rings. The van der Waals surface area contributed by atoms with Crippen LogP contribution in [0.25, 0.3) is 16.2 Å². The van der Waals surface area contributed by atoms with Gasteiger partial charge in [0.05, 0.1) is 0 Å². The van der Waals surface area contributed by atoms with Crippen LogP contribution in [-0.2, 0) is 11.2 Å². The topological polar surface area (TPSA) is 65.8 Å². The lowest BCUT2D eigenvalue weighted by atomic mass is 9.84. The van der Waals surface area contributed by atoms with Crippen molar-refractivity contribution in [1.82, 2.24) is 19.5 Å². The lowest BCUT2D eigenvalue weighted by Gasteiger charge is -2.38. The summed E-state index contributed by atoms with van der Waals surface area (Å²) in [6.45, 7) is 11.8. The molecule has 7 nitrogen and oxygen atoms in total. The van der Waals surface area contributed by atoms with E-state index >= 15 is 0 Å². The van der Waals surface area contributed by atoms with Crippen molar-refractivity contribution < 1.29 is 4.79 Å². The first kappa shape index (κ1) is 22.2. The average Bonchev–Trinajstić information content (AvgIpc) is 3.31. The summed E-state index contributed by atoms with van der Waals surface area (Å²) in [5, 5.41) is 9.57. The third-order valence-corrected chi connectivity index (χ3v) is 7.61. The molecule has 1 aliphatic heterocycles. The summed E-state index contributed by atoms with van der Waals surface area (Å²) in [5.74, 6) is 1.56. The molecule has 1 aliphatic carbocycles. The first-order chi connectivity index (χ1) is 15.8. The van der Waals surface area contributed by atoms with E-state index in [0.29, 0.717) is 5.91 Å². The number of anilines is 2. The molecule has 0 spiro atoms. The molecule has 176 valence electrons. The fourth-order valence-corrected chi connectivity index (χ4v) is 5.42. The Balaban J connectivity index is 1.40. The predicted molar refractivity (Wildman–Crippen MR) is 135 cm³/mol. The average molecular weight is 467 g/mol. The van der Waals surface area contributed by atoms with Gasteiger partial charge in [0, 0.05) is 43.2 Å². The van der Waals surface area contributed by atoms with Crippen LogP contribution in [0.15, 0.2) is 24.3 Å². The van der Waals surface area contributed by atoms with Gasteiger partial charge in [-0.05, 0) is 45.6 Å². The van der Waals surface area contributed by atoms with Crippen LogP contribution in [0.2, 0.25) is 0 Å². The highest BCUT2D eigenvalue weighted by Crippen LogP contribution is 2.35. The number of benzene rings is 1. The molecule has 1 N–H and O–H groups in total. The molecule has 2 aromatic heterocycles. The zero-order chi connectivity index (χ0) is 23.2. The minimum Gasteiger partial charge on any atom is -0.364 e. The van der Waals surface area contributed by atoms with E-state index in [1.807, 2.05) is 9.42 Å². The largest absolute Gasteiger partial charge is 0.364 e. The number of nitrogens with zero attached hydrogens (tertiary/aromatic N) is 5. The highest BCUT2D eigenvalue weighted by atomic mass is 32.1. The third kappa shape index (κ3) is 4.45. The number of carbonyl (C=O) groups excluding carboxylic acids is 1. The number of aryl methyl sites for hydroxylation is 1. The summed E-state index contributed by atoms with van der Waals surface area (Å²) < 4.78 is 1.96. The van der Waals surface area contributed by atoms with Gasteiger partial charge in [0.25, 0.3) is 0 Å². The zero-order valence-corrected chi connectivity index (χ0v) is 20.9. The van der Waals surface area contributed by atoms with E-state index < -0.39 is 0 Å². The molecule has 1 saturated carbocycles. The number of hydrogen-bond acceptors (Lipinski definition) is 6. The molecule has 0 radical (unpaired) electrons. The van der Waals surface area contributed by atoms with Crippen molar-refractivity contribution in [3.63, 3.8) is 0 Å². The molecule has 0 unspecified atom stereocenters. The van der Waals surface area contributed by atoms with Crippen LogP contribution in [-0.4, -0.2) is 57.1 Å². The Kier molecular flexibility index (Phi) is 5.80. The highest BCUT2D eigenvalue weighted by Gasteiger charge is 2.32. The van der Waals surface area contributed by atoms with Gasteiger partial charge in [0.1, 0.15) is 5.69 Å². The van der Waals surface area contributed by atoms with Crippen molar-refractivity contribution in [3.05, 3.63) is 29.8 Å². The second-order valence-electron chi connectivity index (χ2n) is 10.3. The van der Waals surface area contributed by atoms with Gasteiger partial charge in [-0.25, -0.2) is 4.98 Å². The van der Waals surface area contributed by atoms with Crippen LogP contribution in [0.4, 0.5) is 10.9 Å². The van der Waals surface area contributed by atoms with Crippen LogP contribution in [0, 0.1) is 5.92 Å². The molecule has 8 heteroatoms. The first-order valence-corrected chi connectivity index (χ1v) is 12.9. The van der Waals surface area contributed by atoms with Crippen LogP contribution in [0.1, 0.15) is 52.5 Å². The summed E-state index contributed by atoms with van der Waals surface area (Å²) in [7, 11) is 0. The molecular weight excluding hydrogens is 432 g/mol. The SMILES string of the molecule is CCc1ccc(-c2nc3sc(N4CCN(C(=O)C5CCC5)CC4)nn3c2NC(C)(C)C)cc1. The molecule has 0 atom stereocenters. The summed E-state index contributed by atoms with van der Waals surface area (Å²) in [5.41, 5.74) is 3.24. The van der Waals surface area contributed by atoms with Crippen LogP contribution < -0.4 is 10.2 Å². The third-order valence-electron chi connectivity index (χ3n) is 6.64. The molecule has 1 saturated heterocycles. The standard InChI is InChI=1S/C25H34N6OS/c1-5-17-9-11-18(12-10-17)20-21(27-25(2,3)4)31-23(26-20)33-24(28-31)30-15-13-29(14-16-30)22(32)19-7-6-8-19/h9-12,19,27H,5-8,13-16H2,1-4H3. The van der Waals surface area contributed by atoms with E-state index in [4.69, 9.17) is 10.1 Å². The van der Waals surface area contributed by atoms with Gasteiger partial charge in [-0.2, -0.15) is 4.52 Å². The monoisotopic (exact) mass is 466 g/mol. The van der Waals surface area contributed by atoms with Gasteiger partial charge in [-0.15, -0.1) is 5.10 Å². The molecular formula is C25H34N6OS. The Morgan fingerprint density at radius 2 is 1.82 bits per heavy atom. The fraction of sp³-hybridized carbons (Fsp3) is 0.560. The maximum atomic E-state index is 12.6. The second-order valence-corrected chi connectivity index (χ2v) is 11.2. The zero-order valence-electron chi connectivity index (χ0n) is 20.1. The quantitative estimate of drug-likeness (QED) is 0.591. The number of nitrogens with one attached hydrogen (secondary N) is 1. The molecule has 5 rings (SSSR count). The number of rotatable bonds is 5. The molecule has 2 fully saturated rings. The van der Waals surface area contributed by atoms with Gasteiger partial charge in [0.15, 0.2) is 5.82 Å². The summed E-state index contributed by atoms with van der Waals surface area (Å²) in [6, 6.07) is 8.65. The van der Waals surface area contributed by atoms with E-state index in [2.05, 4.69) is 62.2 Å². The Morgan fingerprint density at radius 1 is 1.12 bits per heavy atom. The number of hydrogen-bond donors (Lipinski definition) is 1. The number of aromatic nitrogens is 3.